The number of carbonyl (C=O) groups is 2. The third-order valence-electron chi connectivity index (χ3n) is 2.89. The summed E-state index contributed by atoms with van der Waals surface area (Å²) in [7, 11) is 0. The van der Waals surface area contributed by atoms with Crippen molar-refractivity contribution in [3.8, 4) is 10.4 Å². The molecule has 114 valence electrons. The van der Waals surface area contributed by atoms with E-state index in [2.05, 4.69) is 4.98 Å². The molecular weight excluding hydrogens is 298 g/mol. The van der Waals surface area contributed by atoms with Gasteiger partial charge in [0.2, 0.25) is 0 Å². The third-order valence-corrected chi connectivity index (χ3v) is 4.10. The standard InChI is InChI=1S/C17H17NO3S/c1-3-21-16(20)10-9-14(19)11-15-18-12(2)17(22-15)13-7-5-4-6-8-13/h4-10H,3,11H2,1-2H3/b10-9+. The van der Waals surface area contributed by atoms with Gasteiger partial charge in [-0.25, -0.2) is 9.78 Å². The predicted octanol–water partition coefficient (Wildman–Crippen LogP) is 3.35. The highest BCUT2D eigenvalue weighted by Gasteiger charge is 2.11. The maximum atomic E-state index is 11.9. The van der Waals surface area contributed by atoms with Gasteiger partial charge in [-0.1, -0.05) is 30.3 Å². The highest BCUT2D eigenvalue weighted by atomic mass is 32.1. The Bertz CT molecular complexity index is 689. The fourth-order valence-electron chi connectivity index (χ4n) is 1.94. The molecule has 2 aromatic rings. The molecule has 0 amide bonds. The lowest BCUT2D eigenvalue weighted by Crippen LogP contribution is -2.03. The van der Waals surface area contributed by atoms with Gasteiger partial charge in [-0.3, -0.25) is 4.79 Å². The normalized spacial score (nSPS) is 10.8. The van der Waals surface area contributed by atoms with Gasteiger partial charge in [-0.15, -0.1) is 11.3 Å². The van der Waals surface area contributed by atoms with Crippen LogP contribution >= 0.6 is 11.3 Å². The van der Waals surface area contributed by atoms with Gasteiger partial charge >= 0.3 is 5.97 Å². The molecule has 0 saturated carbocycles. The molecule has 22 heavy (non-hydrogen) atoms. The lowest BCUT2D eigenvalue weighted by atomic mass is 10.2. The summed E-state index contributed by atoms with van der Waals surface area (Å²) in [4.78, 5) is 28.5. The Morgan fingerprint density at radius 3 is 2.64 bits per heavy atom. The average molecular weight is 315 g/mol. The first-order valence-corrected chi connectivity index (χ1v) is 7.81. The van der Waals surface area contributed by atoms with Crippen molar-refractivity contribution < 1.29 is 14.3 Å². The van der Waals surface area contributed by atoms with Gasteiger partial charge in [0.1, 0.15) is 5.01 Å². The monoisotopic (exact) mass is 315 g/mol. The molecule has 0 N–H and O–H groups in total. The second-order valence-corrected chi connectivity index (χ2v) is 5.70. The Morgan fingerprint density at radius 2 is 1.95 bits per heavy atom. The van der Waals surface area contributed by atoms with Crippen LogP contribution in [0, 0.1) is 6.92 Å². The molecule has 4 nitrogen and oxygen atoms in total. The van der Waals surface area contributed by atoms with Gasteiger partial charge in [0.05, 0.1) is 23.6 Å². The van der Waals surface area contributed by atoms with Crippen molar-refractivity contribution >= 4 is 23.1 Å². The van der Waals surface area contributed by atoms with Crippen LogP contribution in [-0.4, -0.2) is 23.3 Å². The number of nitrogens with zero attached hydrogens (tertiary/aromatic N) is 1. The molecule has 2 rings (SSSR count). The zero-order chi connectivity index (χ0) is 15.9. The second kappa shape index (κ2) is 7.66. The number of rotatable bonds is 6. The number of benzene rings is 1. The van der Waals surface area contributed by atoms with Gasteiger partial charge in [-0.05, 0) is 25.5 Å². The van der Waals surface area contributed by atoms with Crippen molar-refractivity contribution in [2.45, 2.75) is 20.3 Å². The van der Waals surface area contributed by atoms with Gasteiger partial charge in [-0.2, -0.15) is 0 Å². The number of allylic oxidation sites excluding steroid dienone is 1. The van der Waals surface area contributed by atoms with Crippen LogP contribution < -0.4 is 0 Å². The van der Waals surface area contributed by atoms with Crippen molar-refractivity contribution in [2.24, 2.45) is 0 Å². The third kappa shape index (κ3) is 4.36. The highest BCUT2D eigenvalue weighted by molar-refractivity contribution is 7.15. The summed E-state index contributed by atoms with van der Waals surface area (Å²) in [5.74, 6) is -0.669. The number of ether oxygens (including phenoxy) is 1. The Labute approximate surface area is 133 Å². The van der Waals surface area contributed by atoms with E-state index in [1.54, 1.807) is 6.92 Å². The lowest BCUT2D eigenvalue weighted by Gasteiger charge is -1.96. The van der Waals surface area contributed by atoms with Gasteiger partial charge in [0.15, 0.2) is 5.78 Å². The van der Waals surface area contributed by atoms with E-state index in [1.165, 1.54) is 17.4 Å². The van der Waals surface area contributed by atoms with E-state index >= 15 is 0 Å². The van der Waals surface area contributed by atoms with Gasteiger partial charge in [0, 0.05) is 6.08 Å². The Balaban J connectivity index is 2.05. The maximum Gasteiger partial charge on any atom is 0.330 e. The second-order valence-electron chi connectivity index (χ2n) is 4.62. The van der Waals surface area contributed by atoms with E-state index < -0.39 is 5.97 Å². The zero-order valence-corrected chi connectivity index (χ0v) is 13.4. The predicted molar refractivity (Wildman–Crippen MR) is 86.8 cm³/mol. The Morgan fingerprint density at radius 1 is 1.23 bits per heavy atom. The minimum atomic E-state index is -0.504. The first kappa shape index (κ1) is 16.1. The number of aryl methyl sites for hydroxylation is 1. The molecule has 1 heterocycles. The minimum Gasteiger partial charge on any atom is -0.463 e. The van der Waals surface area contributed by atoms with Crippen molar-refractivity contribution in [3.63, 3.8) is 0 Å². The fraction of sp³-hybridized carbons (Fsp3) is 0.235. The summed E-state index contributed by atoms with van der Waals surface area (Å²) in [6, 6.07) is 9.95. The van der Waals surface area contributed by atoms with Gasteiger partial charge in [0.25, 0.3) is 0 Å². The van der Waals surface area contributed by atoms with Crippen LogP contribution in [0.15, 0.2) is 42.5 Å². The summed E-state index contributed by atoms with van der Waals surface area (Å²) >= 11 is 1.50. The van der Waals surface area contributed by atoms with E-state index in [0.29, 0.717) is 6.61 Å². The number of ketones is 1. The average Bonchev–Trinajstić information content (AvgIpc) is 2.87. The van der Waals surface area contributed by atoms with Crippen molar-refractivity contribution in [1.82, 2.24) is 4.98 Å². The molecule has 1 aromatic carbocycles. The maximum absolute atomic E-state index is 11.9. The summed E-state index contributed by atoms with van der Waals surface area (Å²) in [6.45, 7) is 3.95. The summed E-state index contributed by atoms with van der Waals surface area (Å²) in [6.07, 6.45) is 2.59. The molecule has 0 spiro atoms. The number of esters is 1. The van der Waals surface area contributed by atoms with E-state index in [9.17, 15) is 9.59 Å². The molecule has 0 saturated heterocycles. The number of aromatic nitrogens is 1. The summed E-state index contributed by atoms with van der Waals surface area (Å²) < 4.78 is 4.73. The van der Waals surface area contributed by atoms with E-state index in [0.717, 1.165) is 27.2 Å². The fourth-order valence-corrected chi connectivity index (χ4v) is 3.02. The molecule has 0 bridgehead atoms. The quantitative estimate of drug-likeness (QED) is 0.606. The lowest BCUT2D eigenvalue weighted by molar-refractivity contribution is -0.137. The van der Waals surface area contributed by atoms with Crippen LogP contribution in [0.1, 0.15) is 17.6 Å². The molecule has 5 heteroatoms. The van der Waals surface area contributed by atoms with E-state index in [-0.39, 0.29) is 12.2 Å². The van der Waals surface area contributed by atoms with Crippen LogP contribution in [0.3, 0.4) is 0 Å². The number of hydrogen-bond acceptors (Lipinski definition) is 5. The largest absolute Gasteiger partial charge is 0.463 e. The van der Waals surface area contributed by atoms with Crippen LogP contribution in [0.4, 0.5) is 0 Å². The number of hydrogen-bond donors (Lipinski definition) is 0. The number of carbonyl (C=O) groups excluding carboxylic acids is 2. The summed E-state index contributed by atoms with van der Waals surface area (Å²) in [5, 5.41) is 0.745. The Kier molecular flexibility index (Phi) is 5.61. The molecule has 1 aromatic heterocycles. The molecule has 0 radical (unpaired) electrons. The summed E-state index contributed by atoms with van der Waals surface area (Å²) in [5.41, 5.74) is 2.01. The first-order chi connectivity index (χ1) is 10.6. The SMILES string of the molecule is CCOC(=O)/C=C/C(=O)Cc1nc(C)c(-c2ccccc2)s1. The topological polar surface area (TPSA) is 56.3 Å². The van der Waals surface area contributed by atoms with Crippen LogP contribution in [0.25, 0.3) is 10.4 Å². The molecular formula is C17H17NO3S. The van der Waals surface area contributed by atoms with Crippen molar-refractivity contribution in [2.75, 3.05) is 6.61 Å². The van der Waals surface area contributed by atoms with Crippen LogP contribution in [0.2, 0.25) is 0 Å². The molecule has 0 atom stereocenters. The van der Waals surface area contributed by atoms with Crippen LogP contribution in [0.5, 0.6) is 0 Å². The zero-order valence-electron chi connectivity index (χ0n) is 12.5. The first-order valence-electron chi connectivity index (χ1n) is 6.99. The Hall–Kier alpha value is -2.27. The smallest absolute Gasteiger partial charge is 0.330 e. The number of thiazole rings is 1. The van der Waals surface area contributed by atoms with E-state index in [4.69, 9.17) is 4.74 Å². The molecule has 0 unspecified atom stereocenters. The molecule has 0 fully saturated rings. The van der Waals surface area contributed by atoms with Crippen molar-refractivity contribution in [1.29, 1.82) is 0 Å². The van der Waals surface area contributed by atoms with Crippen LogP contribution in [-0.2, 0) is 20.7 Å². The minimum absolute atomic E-state index is 0.165. The molecule has 0 aliphatic heterocycles. The molecule has 0 aliphatic carbocycles. The molecule has 0 aliphatic rings. The van der Waals surface area contributed by atoms with E-state index in [1.807, 2.05) is 37.3 Å². The van der Waals surface area contributed by atoms with Crippen molar-refractivity contribution in [3.05, 3.63) is 53.2 Å². The van der Waals surface area contributed by atoms with Gasteiger partial charge < -0.3 is 4.74 Å². The highest BCUT2D eigenvalue weighted by Crippen LogP contribution is 2.30.